The number of carbonyl (C=O) groups is 1. The molecule has 0 aliphatic carbocycles. The number of thiol groups is 1. The molecule has 0 aromatic heterocycles. The van der Waals surface area contributed by atoms with Crippen molar-refractivity contribution in [3.05, 3.63) is 12.7 Å². The van der Waals surface area contributed by atoms with Crippen molar-refractivity contribution in [1.29, 1.82) is 0 Å². The summed E-state index contributed by atoms with van der Waals surface area (Å²) in [6.45, 7) is 7.15. The van der Waals surface area contributed by atoms with Crippen LogP contribution in [0.3, 0.4) is 0 Å². The summed E-state index contributed by atoms with van der Waals surface area (Å²) in [5.74, 6) is 0.464. The first kappa shape index (κ1) is 14.1. The van der Waals surface area contributed by atoms with Crippen molar-refractivity contribution in [3.63, 3.8) is 0 Å². The molecule has 0 heterocycles. The van der Waals surface area contributed by atoms with E-state index in [0.717, 1.165) is 0 Å². The third-order valence-electron chi connectivity index (χ3n) is 1.04. The van der Waals surface area contributed by atoms with Crippen LogP contribution in [0.1, 0.15) is 13.8 Å². The summed E-state index contributed by atoms with van der Waals surface area (Å²) in [5.41, 5.74) is -0.242. The van der Waals surface area contributed by atoms with Gasteiger partial charge in [-0.05, 0) is 19.9 Å². The van der Waals surface area contributed by atoms with Crippen LogP contribution in [-0.2, 0) is 4.79 Å². The Hall–Kier alpha value is 0.560. The van der Waals surface area contributed by atoms with Gasteiger partial charge in [0, 0.05) is 11.3 Å². The molecule has 0 fully saturated rings. The van der Waals surface area contributed by atoms with Crippen LogP contribution in [0.15, 0.2) is 12.7 Å². The SMILES string of the molecule is C=CC(=O)NC(C)(C)CS.[NaH]. The topological polar surface area (TPSA) is 29.1 Å². The van der Waals surface area contributed by atoms with Crippen molar-refractivity contribution in [2.45, 2.75) is 19.4 Å². The molecule has 0 aromatic carbocycles. The molecule has 0 radical (unpaired) electrons. The minimum atomic E-state index is -0.242. The zero-order chi connectivity index (χ0) is 8.20. The van der Waals surface area contributed by atoms with Crippen LogP contribution in [0.2, 0.25) is 0 Å². The molecule has 0 rings (SSSR count). The Kier molecular flexibility index (Phi) is 7.84. The molecular weight excluding hydrogens is 169 g/mol. The van der Waals surface area contributed by atoms with Crippen LogP contribution in [0.4, 0.5) is 0 Å². The van der Waals surface area contributed by atoms with Gasteiger partial charge in [-0.15, -0.1) is 0 Å². The molecule has 0 bridgehead atoms. The third kappa shape index (κ3) is 6.94. The van der Waals surface area contributed by atoms with Gasteiger partial charge in [0.2, 0.25) is 5.91 Å². The number of nitrogens with one attached hydrogen (secondary N) is 1. The maximum absolute atomic E-state index is 10.7. The summed E-state index contributed by atoms with van der Waals surface area (Å²) in [4.78, 5) is 10.7. The van der Waals surface area contributed by atoms with Gasteiger partial charge in [-0.1, -0.05) is 6.58 Å². The zero-order valence-corrected chi connectivity index (χ0v) is 7.24. The Bertz CT molecular complexity index is 147. The van der Waals surface area contributed by atoms with Gasteiger partial charge in [-0.3, -0.25) is 4.79 Å². The molecule has 0 saturated heterocycles. The van der Waals surface area contributed by atoms with E-state index < -0.39 is 0 Å². The van der Waals surface area contributed by atoms with Crippen molar-refractivity contribution < 1.29 is 4.79 Å². The average Bonchev–Trinajstić information content (AvgIpc) is 1.87. The van der Waals surface area contributed by atoms with E-state index in [1.807, 2.05) is 13.8 Å². The van der Waals surface area contributed by atoms with Gasteiger partial charge in [0.1, 0.15) is 0 Å². The Morgan fingerprint density at radius 3 is 2.45 bits per heavy atom. The van der Waals surface area contributed by atoms with Crippen molar-refractivity contribution in [3.8, 4) is 0 Å². The fourth-order valence-electron chi connectivity index (χ4n) is 0.424. The Morgan fingerprint density at radius 2 is 2.18 bits per heavy atom. The van der Waals surface area contributed by atoms with Crippen molar-refractivity contribution in [2.24, 2.45) is 0 Å². The molecule has 0 unspecified atom stereocenters. The molecule has 0 saturated carbocycles. The predicted molar refractivity (Wildman–Crippen MR) is 53.4 cm³/mol. The van der Waals surface area contributed by atoms with Crippen LogP contribution < -0.4 is 5.32 Å². The van der Waals surface area contributed by atoms with E-state index in [9.17, 15) is 4.79 Å². The normalized spacial score (nSPS) is 9.73. The number of hydrogen-bond donors (Lipinski definition) is 2. The first-order valence-corrected chi connectivity index (χ1v) is 3.70. The van der Waals surface area contributed by atoms with Crippen molar-refractivity contribution >= 4 is 48.1 Å². The second kappa shape index (κ2) is 6.12. The van der Waals surface area contributed by atoms with Crippen LogP contribution in [0, 0.1) is 0 Å². The molecule has 1 N–H and O–H groups in total. The summed E-state index contributed by atoms with van der Waals surface area (Å²) in [6, 6.07) is 0. The molecule has 11 heavy (non-hydrogen) atoms. The van der Waals surface area contributed by atoms with Gasteiger partial charge in [-0.2, -0.15) is 12.6 Å². The van der Waals surface area contributed by atoms with Crippen LogP contribution >= 0.6 is 12.6 Å². The van der Waals surface area contributed by atoms with Crippen molar-refractivity contribution in [2.75, 3.05) is 5.75 Å². The predicted octanol–water partition coefficient (Wildman–Crippen LogP) is 0.348. The molecule has 0 aromatic rings. The van der Waals surface area contributed by atoms with E-state index in [-0.39, 0.29) is 41.0 Å². The molecular formula is C7H14NNaOS. The second-order valence-electron chi connectivity index (χ2n) is 2.74. The summed E-state index contributed by atoms with van der Waals surface area (Å²) in [5, 5.41) is 2.72. The van der Waals surface area contributed by atoms with E-state index in [4.69, 9.17) is 0 Å². The number of hydrogen-bond acceptors (Lipinski definition) is 2. The quantitative estimate of drug-likeness (QED) is 0.369. The van der Waals surface area contributed by atoms with Crippen LogP contribution in [0.5, 0.6) is 0 Å². The average molecular weight is 183 g/mol. The summed E-state index contributed by atoms with van der Waals surface area (Å²) in [6.07, 6.45) is 1.26. The third-order valence-corrected chi connectivity index (χ3v) is 1.83. The first-order valence-electron chi connectivity index (χ1n) is 3.07. The fourth-order valence-corrected chi connectivity index (χ4v) is 0.503. The summed E-state index contributed by atoms with van der Waals surface area (Å²) < 4.78 is 0. The number of amides is 1. The molecule has 0 aliphatic rings. The van der Waals surface area contributed by atoms with Gasteiger partial charge in [0.15, 0.2) is 0 Å². The molecule has 60 valence electrons. The molecule has 0 spiro atoms. The van der Waals surface area contributed by atoms with Crippen LogP contribution in [-0.4, -0.2) is 46.8 Å². The van der Waals surface area contributed by atoms with Gasteiger partial charge in [0.05, 0.1) is 0 Å². The molecule has 2 nitrogen and oxygen atoms in total. The van der Waals surface area contributed by atoms with Gasteiger partial charge in [0.25, 0.3) is 0 Å². The van der Waals surface area contributed by atoms with Crippen molar-refractivity contribution in [1.82, 2.24) is 5.32 Å². The van der Waals surface area contributed by atoms with Gasteiger partial charge < -0.3 is 5.32 Å². The van der Waals surface area contributed by atoms with E-state index in [2.05, 4.69) is 24.5 Å². The van der Waals surface area contributed by atoms with E-state index in [1.54, 1.807) is 0 Å². The first-order chi connectivity index (χ1) is 4.52. The Morgan fingerprint density at radius 1 is 1.73 bits per heavy atom. The number of rotatable bonds is 3. The minimum absolute atomic E-state index is 0. The Labute approximate surface area is 95.5 Å². The van der Waals surface area contributed by atoms with E-state index >= 15 is 0 Å². The maximum atomic E-state index is 10.7. The summed E-state index contributed by atoms with van der Waals surface area (Å²) >= 11 is 4.07. The molecule has 4 heteroatoms. The number of carbonyl (C=O) groups excluding carboxylic acids is 1. The van der Waals surface area contributed by atoms with Gasteiger partial charge >= 0.3 is 29.6 Å². The zero-order valence-electron chi connectivity index (χ0n) is 6.35. The monoisotopic (exact) mass is 183 g/mol. The fraction of sp³-hybridized carbons (Fsp3) is 0.571. The van der Waals surface area contributed by atoms with Crippen LogP contribution in [0.25, 0.3) is 0 Å². The van der Waals surface area contributed by atoms with E-state index in [1.165, 1.54) is 6.08 Å². The standard InChI is InChI=1S/C7H13NOS.Na.H/c1-4-6(9)8-7(2,3)5-10;;/h4,10H,1,5H2,2-3H3,(H,8,9);;. The van der Waals surface area contributed by atoms with Gasteiger partial charge in [-0.25, -0.2) is 0 Å². The molecule has 0 aliphatic heterocycles. The van der Waals surface area contributed by atoms with E-state index in [0.29, 0.717) is 5.75 Å². The second-order valence-corrected chi connectivity index (χ2v) is 3.05. The Balaban J connectivity index is 0. The summed E-state index contributed by atoms with van der Waals surface area (Å²) in [7, 11) is 0. The molecule has 0 atom stereocenters. The molecule has 1 amide bonds.